The molecular formula is C21H20ClN3O7. The molecule has 2 aromatic rings. The molecular weight excluding hydrogens is 442 g/mol. The van der Waals surface area contributed by atoms with Gasteiger partial charge in [0.15, 0.2) is 6.61 Å². The first kappa shape index (κ1) is 23.0. The lowest BCUT2D eigenvalue weighted by atomic mass is 10.1. The summed E-state index contributed by atoms with van der Waals surface area (Å²) in [4.78, 5) is 48.8. The number of nitrogens with one attached hydrogen (secondary N) is 1. The van der Waals surface area contributed by atoms with Crippen LogP contribution in [0.15, 0.2) is 36.4 Å². The van der Waals surface area contributed by atoms with Crippen LogP contribution in [0.2, 0.25) is 5.02 Å². The van der Waals surface area contributed by atoms with Crippen LogP contribution in [-0.2, 0) is 19.1 Å². The zero-order valence-electron chi connectivity index (χ0n) is 17.3. The summed E-state index contributed by atoms with van der Waals surface area (Å²) in [6.45, 7) is 1.04. The quantitative estimate of drug-likeness (QED) is 0.381. The van der Waals surface area contributed by atoms with Gasteiger partial charge in [0.05, 0.1) is 23.6 Å². The molecule has 1 aliphatic heterocycles. The van der Waals surface area contributed by atoms with E-state index in [0.29, 0.717) is 22.0 Å². The Kier molecular flexibility index (Phi) is 6.94. The van der Waals surface area contributed by atoms with Crippen molar-refractivity contribution in [3.05, 3.63) is 57.1 Å². The van der Waals surface area contributed by atoms with Crippen molar-refractivity contribution in [2.75, 3.05) is 30.5 Å². The van der Waals surface area contributed by atoms with Gasteiger partial charge in [0.1, 0.15) is 5.75 Å². The van der Waals surface area contributed by atoms with Gasteiger partial charge in [-0.1, -0.05) is 17.7 Å². The summed E-state index contributed by atoms with van der Waals surface area (Å²) in [5.74, 6) is -1.99. The van der Waals surface area contributed by atoms with Crippen molar-refractivity contribution >= 4 is 46.4 Å². The lowest BCUT2D eigenvalue weighted by molar-refractivity contribution is -0.385. The maximum absolute atomic E-state index is 12.4. The molecule has 0 radical (unpaired) electrons. The monoisotopic (exact) mass is 461 g/mol. The normalized spacial score (nSPS) is 15.4. The van der Waals surface area contributed by atoms with E-state index in [4.69, 9.17) is 21.1 Å². The van der Waals surface area contributed by atoms with Crippen LogP contribution in [-0.4, -0.2) is 43.0 Å². The molecule has 1 atom stereocenters. The standard InChI is InChI=1S/C21H20ClN3O7/c1-12-3-5-15(9-16(12)25(29)30)23-19(26)11-32-21(28)13-7-20(27)24(10-13)17-8-14(22)4-6-18(17)31-2/h3-6,8-9,13H,7,10-11H2,1-2H3,(H,23,26)/t13-/m0/s1. The van der Waals surface area contributed by atoms with Gasteiger partial charge in [0.25, 0.3) is 11.6 Å². The highest BCUT2D eigenvalue weighted by Gasteiger charge is 2.37. The van der Waals surface area contributed by atoms with Gasteiger partial charge in [0.2, 0.25) is 5.91 Å². The first-order valence-corrected chi connectivity index (χ1v) is 9.93. The van der Waals surface area contributed by atoms with E-state index in [1.807, 2.05) is 0 Å². The predicted molar refractivity (Wildman–Crippen MR) is 116 cm³/mol. The molecule has 2 amide bonds. The number of amides is 2. The van der Waals surface area contributed by atoms with Crippen molar-refractivity contribution in [1.82, 2.24) is 0 Å². The minimum absolute atomic E-state index is 0.0557. The predicted octanol–water partition coefficient (Wildman–Crippen LogP) is 3.10. The average molecular weight is 462 g/mol. The maximum atomic E-state index is 12.4. The summed E-state index contributed by atoms with van der Waals surface area (Å²) in [6, 6.07) is 9.05. The van der Waals surface area contributed by atoms with Crippen molar-refractivity contribution in [3.63, 3.8) is 0 Å². The summed E-state index contributed by atoms with van der Waals surface area (Å²) in [5, 5.41) is 13.9. The molecule has 2 aromatic carbocycles. The number of anilines is 2. The number of ether oxygens (including phenoxy) is 2. The van der Waals surface area contributed by atoms with E-state index in [2.05, 4.69) is 5.32 Å². The highest BCUT2D eigenvalue weighted by atomic mass is 35.5. The summed E-state index contributed by atoms with van der Waals surface area (Å²) in [7, 11) is 1.46. The third kappa shape index (κ3) is 5.14. The molecule has 0 bridgehead atoms. The van der Waals surface area contributed by atoms with Crippen LogP contribution < -0.4 is 15.0 Å². The Bertz CT molecular complexity index is 1090. The van der Waals surface area contributed by atoms with Crippen LogP contribution in [0.4, 0.5) is 17.1 Å². The average Bonchev–Trinajstić information content (AvgIpc) is 3.14. The number of hydrogen-bond donors (Lipinski definition) is 1. The second-order valence-corrected chi connectivity index (χ2v) is 7.57. The van der Waals surface area contributed by atoms with E-state index in [1.165, 1.54) is 30.2 Å². The van der Waals surface area contributed by atoms with Crippen molar-refractivity contribution in [2.24, 2.45) is 5.92 Å². The van der Waals surface area contributed by atoms with Gasteiger partial charge in [-0.05, 0) is 31.2 Å². The van der Waals surface area contributed by atoms with Crippen LogP contribution in [0, 0.1) is 23.0 Å². The number of aryl methyl sites for hydroxylation is 1. The van der Waals surface area contributed by atoms with Gasteiger partial charge in [0, 0.05) is 35.3 Å². The Hall–Kier alpha value is -3.66. The number of rotatable bonds is 7. The first-order valence-electron chi connectivity index (χ1n) is 9.55. The molecule has 32 heavy (non-hydrogen) atoms. The molecule has 10 nitrogen and oxygen atoms in total. The molecule has 1 N–H and O–H groups in total. The Morgan fingerprint density at radius 3 is 2.72 bits per heavy atom. The number of benzene rings is 2. The molecule has 1 fully saturated rings. The number of nitro groups is 1. The number of nitrogens with zero attached hydrogens (tertiary/aromatic N) is 2. The third-order valence-corrected chi connectivity index (χ3v) is 5.16. The van der Waals surface area contributed by atoms with E-state index in [0.717, 1.165) is 0 Å². The summed E-state index contributed by atoms with van der Waals surface area (Å²) in [5.41, 5.74) is 0.963. The molecule has 0 spiro atoms. The Labute approximate surface area is 188 Å². The van der Waals surface area contributed by atoms with Crippen molar-refractivity contribution in [2.45, 2.75) is 13.3 Å². The SMILES string of the molecule is COc1ccc(Cl)cc1N1C[C@@H](C(=O)OCC(=O)Nc2ccc(C)c([N+](=O)[O-])c2)CC1=O. The highest BCUT2D eigenvalue weighted by molar-refractivity contribution is 6.31. The smallest absolute Gasteiger partial charge is 0.311 e. The van der Waals surface area contributed by atoms with Crippen molar-refractivity contribution in [3.8, 4) is 5.75 Å². The van der Waals surface area contributed by atoms with Gasteiger partial charge in [-0.2, -0.15) is 0 Å². The molecule has 1 saturated heterocycles. The lowest BCUT2D eigenvalue weighted by Crippen LogP contribution is -2.28. The fourth-order valence-electron chi connectivity index (χ4n) is 3.31. The van der Waals surface area contributed by atoms with E-state index in [-0.39, 0.29) is 30.2 Å². The van der Waals surface area contributed by atoms with Crippen LogP contribution in [0.3, 0.4) is 0 Å². The molecule has 0 aliphatic carbocycles. The van der Waals surface area contributed by atoms with Gasteiger partial charge in [-0.3, -0.25) is 24.5 Å². The second-order valence-electron chi connectivity index (χ2n) is 7.14. The molecule has 1 heterocycles. The molecule has 11 heteroatoms. The second kappa shape index (κ2) is 9.65. The Morgan fingerprint density at radius 2 is 2.03 bits per heavy atom. The largest absolute Gasteiger partial charge is 0.495 e. The summed E-state index contributed by atoms with van der Waals surface area (Å²) in [6.07, 6.45) is -0.0831. The van der Waals surface area contributed by atoms with E-state index >= 15 is 0 Å². The molecule has 0 aromatic heterocycles. The Morgan fingerprint density at radius 1 is 1.28 bits per heavy atom. The number of methoxy groups -OCH3 is 1. The first-order chi connectivity index (χ1) is 15.2. The maximum Gasteiger partial charge on any atom is 0.311 e. The van der Waals surface area contributed by atoms with Gasteiger partial charge in [-0.25, -0.2) is 0 Å². The fourth-order valence-corrected chi connectivity index (χ4v) is 3.47. The van der Waals surface area contributed by atoms with Gasteiger partial charge in [-0.15, -0.1) is 0 Å². The Balaban J connectivity index is 1.58. The van der Waals surface area contributed by atoms with Crippen LogP contribution in [0.1, 0.15) is 12.0 Å². The number of esters is 1. The van der Waals surface area contributed by atoms with E-state index < -0.39 is 29.3 Å². The molecule has 0 unspecified atom stereocenters. The number of halogens is 1. The zero-order valence-corrected chi connectivity index (χ0v) is 18.0. The number of hydrogen-bond acceptors (Lipinski definition) is 7. The number of carbonyl (C=O) groups excluding carboxylic acids is 3. The van der Waals surface area contributed by atoms with Gasteiger partial charge < -0.3 is 19.7 Å². The number of nitro benzene ring substituents is 1. The number of carbonyl (C=O) groups is 3. The van der Waals surface area contributed by atoms with Gasteiger partial charge >= 0.3 is 5.97 Å². The van der Waals surface area contributed by atoms with Crippen molar-refractivity contribution < 1.29 is 28.8 Å². The molecule has 1 aliphatic rings. The molecule has 168 valence electrons. The van der Waals surface area contributed by atoms with Crippen LogP contribution in [0.5, 0.6) is 5.75 Å². The van der Waals surface area contributed by atoms with Crippen LogP contribution in [0.25, 0.3) is 0 Å². The fraction of sp³-hybridized carbons (Fsp3) is 0.286. The third-order valence-electron chi connectivity index (χ3n) is 4.93. The van der Waals surface area contributed by atoms with Crippen molar-refractivity contribution in [1.29, 1.82) is 0 Å². The molecule has 0 saturated carbocycles. The highest BCUT2D eigenvalue weighted by Crippen LogP contribution is 2.35. The van der Waals surface area contributed by atoms with Crippen LogP contribution >= 0.6 is 11.6 Å². The lowest BCUT2D eigenvalue weighted by Gasteiger charge is -2.19. The minimum Gasteiger partial charge on any atom is -0.495 e. The summed E-state index contributed by atoms with van der Waals surface area (Å²) < 4.78 is 10.3. The van der Waals surface area contributed by atoms with E-state index in [1.54, 1.807) is 25.1 Å². The minimum atomic E-state index is -0.764. The topological polar surface area (TPSA) is 128 Å². The molecule has 3 rings (SSSR count). The van der Waals surface area contributed by atoms with E-state index in [9.17, 15) is 24.5 Å². The zero-order chi connectivity index (χ0) is 23.4. The summed E-state index contributed by atoms with van der Waals surface area (Å²) >= 11 is 6.02.